The molecular formula is C23H27N5O4S. The number of aryl methyl sites for hydroxylation is 1. The summed E-state index contributed by atoms with van der Waals surface area (Å²) >= 11 is 1.55. The second-order valence-corrected chi connectivity index (χ2v) is 8.28. The minimum absolute atomic E-state index is 0.00177. The number of ether oxygens (including phenoxy) is 1. The number of thioether (sulfide) groups is 1. The SMILES string of the molecule is CSCCC(NC(=O)COc1ccccc1)C(=O)NNC(=O)Cc1nc2ccccc2n1C. The molecule has 1 unspecified atom stereocenters. The number of hydrogen-bond donors (Lipinski definition) is 3. The minimum atomic E-state index is -0.805. The molecule has 3 rings (SSSR count). The number of nitrogens with one attached hydrogen (secondary N) is 3. The fourth-order valence-corrected chi connectivity index (χ4v) is 3.64. The van der Waals surface area contributed by atoms with Gasteiger partial charge in [0, 0.05) is 7.05 Å². The van der Waals surface area contributed by atoms with E-state index in [1.807, 2.05) is 48.2 Å². The number of hydrazine groups is 1. The lowest BCUT2D eigenvalue weighted by Crippen LogP contribution is -2.53. The van der Waals surface area contributed by atoms with Gasteiger partial charge < -0.3 is 14.6 Å². The van der Waals surface area contributed by atoms with Crippen LogP contribution < -0.4 is 20.9 Å². The third kappa shape index (κ3) is 6.98. The van der Waals surface area contributed by atoms with Gasteiger partial charge in [0.1, 0.15) is 17.6 Å². The van der Waals surface area contributed by atoms with Crippen molar-refractivity contribution >= 4 is 40.5 Å². The monoisotopic (exact) mass is 469 g/mol. The Hall–Kier alpha value is -3.53. The van der Waals surface area contributed by atoms with Crippen molar-refractivity contribution in [2.24, 2.45) is 7.05 Å². The number of carbonyl (C=O) groups excluding carboxylic acids is 3. The lowest BCUT2D eigenvalue weighted by Gasteiger charge is -2.18. The fourth-order valence-electron chi connectivity index (χ4n) is 3.17. The average molecular weight is 470 g/mol. The Labute approximate surface area is 196 Å². The highest BCUT2D eigenvalue weighted by Gasteiger charge is 2.21. The van der Waals surface area contributed by atoms with Crippen LogP contribution in [0.2, 0.25) is 0 Å². The van der Waals surface area contributed by atoms with Gasteiger partial charge in [-0.3, -0.25) is 25.2 Å². The van der Waals surface area contributed by atoms with Gasteiger partial charge in [0.15, 0.2) is 6.61 Å². The normalized spacial score (nSPS) is 11.6. The molecule has 1 atom stereocenters. The second kappa shape index (κ2) is 11.9. The van der Waals surface area contributed by atoms with Gasteiger partial charge in [0.2, 0.25) is 5.91 Å². The van der Waals surface area contributed by atoms with Gasteiger partial charge in [-0.1, -0.05) is 30.3 Å². The minimum Gasteiger partial charge on any atom is -0.484 e. The number of rotatable bonds is 10. The molecule has 1 aromatic heterocycles. The van der Waals surface area contributed by atoms with Crippen LogP contribution >= 0.6 is 11.8 Å². The first-order valence-corrected chi connectivity index (χ1v) is 11.8. The van der Waals surface area contributed by atoms with Gasteiger partial charge in [0.05, 0.1) is 17.5 Å². The predicted octanol–water partition coefficient (Wildman–Crippen LogP) is 1.58. The maximum absolute atomic E-state index is 12.6. The highest BCUT2D eigenvalue weighted by atomic mass is 32.2. The Morgan fingerprint density at radius 1 is 1.03 bits per heavy atom. The lowest BCUT2D eigenvalue weighted by atomic mass is 10.2. The van der Waals surface area contributed by atoms with Gasteiger partial charge in [-0.25, -0.2) is 4.98 Å². The van der Waals surface area contributed by atoms with E-state index in [0.29, 0.717) is 23.7 Å². The highest BCUT2D eigenvalue weighted by Crippen LogP contribution is 2.14. The summed E-state index contributed by atoms with van der Waals surface area (Å²) in [6.45, 7) is -0.216. The molecule has 9 nitrogen and oxygen atoms in total. The number of para-hydroxylation sites is 3. The van der Waals surface area contributed by atoms with Crippen LogP contribution in [0.15, 0.2) is 54.6 Å². The van der Waals surface area contributed by atoms with Crippen LogP contribution in [-0.4, -0.2) is 51.9 Å². The van der Waals surface area contributed by atoms with Crippen LogP contribution in [0, 0.1) is 0 Å². The Balaban J connectivity index is 1.51. The zero-order valence-corrected chi connectivity index (χ0v) is 19.4. The summed E-state index contributed by atoms with van der Waals surface area (Å²) in [6, 6.07) is 15.7. The molecule has 0 saturated heterocycles. The van der Waals surface area contributed by atoms with Crippen molar-refractivity contribution < 1.29 is 19.1 Å². The van der Waals surface area contributed by atoms with Crippen LogP contribution in [0.5, 0.6) is 5.75 Å². The molecule has 2 aromatic carbocycles. The molecule has 33 heavy (non-hydrogen) atoms. The number of fused-ring (bicyclic) bond motifs is 1. The van der Waals surface area contributed by atoms with Crippen LogP contribution in [0.4, 0.5) is 0 Å². The maximum atomic E-state index is 12.6. The number of hydrogen-bond acceptors (Lipinski definition) is 6. The predicted molar refractivity (Wildman–Crippen MR) is 128 cm³/mol. The lowest BCUT2D eigenvalue weighted by molar-refractivity contribution is -0.132. The maximum Gasteiger partial charge on any atom is 0.260 e. The van der Waals surface area contributed by atoms with Gasteiger partial charge in [-0.15, -0.1) is 0 Å². The summed E-state index contributed by atoms with van der Waals surface area (Å²) in [5, 5.41) is 2.67. The summed E-state index contributed by atoms with van der Waals surface area (Å²) in [5.74, 6) is 0.456. The molecule has 10 heteroatoms. The molecular weight excluding hydrogens is 442 g/mol. The van der Waals surface area contributed by atoms with Crippen LogP contribution in [0.25, 0.3) is 11.0 Å². The topological polar surface area (TPSA) is 114 Å². The number of amides is 3. The first-order chi connectivity index (χ1) is 16.0. The average Bonchev–Trinajstić information content (AvgIpc) is 3.14. The number of benzene rings is 2. The second-order valence-electron chi connectivity index (χ2n) is 7.29. The van der Waals surface area contributed by atoms with E-state index in [4.69, 9.17) is 4.74 Å². The Morgan fingerprint density at radius 2 is 1.76 bits per heavy atom. The van der Waals surface area contributed by atoms with Crippen molar-refractivity contribution in [2.45, 2.75) is 18.9 Å². The molecule has 3 aromatic rings. The zero-order chi connectivity index (χ0) is 23.6. The number of aromatic nitrogens is 2. The molecule has 0 spiro atoms. The third-order valence-electron chi connectivity index (χ3n) is 4.90. The third-order valence-corrected chi connectivity index (χ3v) is 5.54. The first kappa shape index (κ1) is 24.1. The largest absolute Gasteiger partial charge is 0.484 e. The molecule has 0 saturated carbocycles. The molecule has 0 aliphatic carbocycles. The quantitative estimate of drug-likeness (QED) is 0.389. The van der Waals surface area contributed by atoms with E-state index in [1.165, 1.54) is 0 Å². The Bertz CT molecular complexity index is 1100. The van der Waals surface area contributed by atoms with Gasteiger partial charge in [0.25, 0.3) is 11.8 Å². The number of nitrogens with zero attached hydrogens (tertiary/aromatic N) is 2. The van der Waals surface area contributed by atoms with Crippen LogP contribution in [-0.2, 0) is 27.9 Å². The van der Waals surface area contributed by atoms with E-state index in [1.54, 1.807) is 36.0 Å². The van der Waals surface area contributed by atoms with E-state index in [0.717, 1.165) is 11.0 Å². The first-order valence-electron chi connectivity index (χ1n) is 10.4. The molecule has 174 valence electrons. The summed E-state index contributed by atoms with van der Waals surface area (Å²) in [5.41, 5.74) is 6.53. The number of carbonyl (C=O) groups is 3. The molecule has 3 amide bonds. The van der Waals surface area contributed by atoms with E-state index >= 15 is 0 Å². The molecule has 0 aliphatic rings. The summed E-state index contributed by atoms with van der Waals surface area (Å²) in [6.07, 6.45) is 2.32. The molecule has 1 heterocycles. The molecule has 0 radical (unpaired) electrons. The smallest absolute Gasteiger partial charge is 0.260 e. The van der Waals surface area contributed by atoms with E-state index in [9.17, 15) is 14.4 Å². The van der Waals surface area contributed by atoms with Crippen molar-refractivity contribution in [3.8, 4) is 5.75 Å². The summed E-state index contributed by atoms with van der Waals surface area (Å²) in [4.78, 5) is 41.7. The Kier molecular flexibility index (Phi) is 8.71. The standard InChI is InChI=1S/C23H27N5O4S/c1-28-19-11-7-6-10-17(19)24-20(28)14-21(29)26-27-23(31)18(12-13-33-2)25-22(30)15-32-16-8-4-3-5-9-16/h3-11,18H,12-15H2,1-2H3,(H,25,30)(H,26,29)(H,27,31). The fraction of sp³-hybridized carbons (Fsp3) is 0.304. The molecule has 0 fully saturated rings. The van der Waals surface area contributed by atoms with Crippen LogP contribution in [0.1, 0.15) is 12.2 Å². The van der Waals surface area contributed by atoms with E-state index in [-0.39, 0.29) is 13.0 Å². The van der Waals surface area contributed by atoms with Gasteiger partial charge >= 0.3 is 0 Å². The zero-order valence-electron chi connectivity index (χ0n) is 18.5. The summed E-state index contributed by atoms with van der Waals surface area (Å²) < 4.78 is 7.26. The molecule has 3 N–H and O–H groups in total. The van der Waals surface area contributed by atoms with E-state index < -0.39 is 23.8 Å². The van der Waals surface area contributed by atoms with Crippen molar-refractivity contribution in [1.82, 2.24) is 25.7 Å². The Morgan fingerprint density at radius 3 is 2.48 bits per heavy atom. The van der Waals surface area contributed by atoms with Crippen molar-refractivity contribution in [3.05, 3.63) is 60.4 Å². The van der Waals surface area contributed by atoms with Gasteiger partial charge in [-0.2, -0.15) is 11.8 Å². The van der Waals surface area contributed by atoms with Crippen molar-refractivity contribution in [3.63, 3.8) is 0 Å². The molecule has 0 bridgehead atoms. The summed E-state index contributed by atoms with van der Waals surface area (Å²) in [7, 11) is 1.84. The van der Waals surface area contributed by atoms with Crippen molar-refractivity contribution in [1.29, 1.82) is 0 Å². The van der Waals surface area contributed by atoms with Crippen molar-refractivity contribution in [2.75, 3.05) is 18.6 Å². The van der Waals surface area contributed by atoms with E-state index in [2.05, 4.69) is 21.2 Å². The van der Waals surface area contributed by atoms with Crippen LogP contribution in [0.3, 0.4) is 0 Å². The van der Waals surface area contributed by atoms with Gasteiger partial charge in [-0.05, 0) is 42.7 Å². The molecule has 0 aliphatic heterocycles. The number of imidazole rings is 1. The highest BCUT2D eigenvalue weighted by molar-refractivity contribution is 7.98.